The second kappa shape index (κ2) is 8.98. The number of thioether (sulfide) groups is 1. The van der Waals surface area contributed by atoms with Gasteiger partial charge in [0.2, 0.25) is 0 Å². The van der Waals surface area contributed by atoms with Crippen LogP contribution in [-0.2, 0) is 5.75 Å². The van der Waals surface area contributed by atoms with Crippen molar-refractivity contribution in [3.8, 4) is 17.3 Å². The molecule has 0 amide bonds. The highest BCUT2D eigenvalue weighted by Gasteiger charge is 2.13. The van der Waals surface area contributed by atoms with Gasteiger partial charge in [-0.15, -0.1) is 12.4 Å². The topological polar surface area (TPSA) is 113 Å². The molecule has 27 heavy (non-hydrogen) atoms. The summed E-state index contributed by atoms with van der Waals surface area (Å²) in [5, 5.41) is 20.3. The Bertz CT molecular complexity index is 1050. The summed E-state index contributed by atoms with van der Waals surface area (Å²) in [6, 6.07) is 17.1. The molecule has 136 valence electrons. The first-order valence-electron chi connectivity index (χ1n) is 7.54. The van der Waals surface area contributed by atoms with E-state index in [1.807, 2.05) is 24.3 Å². The highest BCUT2D eigenvalue weighted by Crippen LogP contribution is 2.24. The molecule has 1 heterocycles. The summed E-state index contributed by atoms with van der Waals surface area (Å²) < 4.78 is 0. The molecule has 0 unspecified atom stereocenters. The molecule has 3 aromatic rings. The van der Waals surface area contributed by atoms with Gasteiger partial charge in [0.15, 0.2) is 5.16 Å². The fraction of sp³-hybridized carbons (Fsp3) is 0.0556. The van der Waals surface area contributed by atoms with Crippen LogP contribution in [0.1, 0.15) is 11.1 Å². The second-order valence-electron chi connectivity index (χ2n) is 5.28. The third-order valence-corrected chi connectivity index (χ3v) is 4.52. The molecule has 0 aliphatic rings. The predicted molar refractivity (Wildman–Crippen MR) is 105 cm³/mol. The Morgan fingerprint density at radius 2 is 1.81 bits per heavy atom. The minimum atomic E-state index is -0.493. The monoisotopic (exact) mass is 400 g/mol. The molecule has 0 radical (unpaired) electrons. The molecule has 0 fully saturated rings. The maximum Gasteiger partial charge on any atom is 0.270 e. The summed E-state index contributed by atoms with van der Waals surface area (Å²) in [4.78, 5) is 29.4. The molecule has 7 nitrogen and oxygen atoms in total. The van der Waals surface area contributed by atoms with Crippen molar-refractivity contribution < 1.29 is 4.92 Å². The maximum atomic E-state index is 12.2. The molecule has 0 saturated carbocycles. The van der Waals surface area contributed by atoms with Crippen molar-refractivity contribution >= 4 is 29.9 Å². The van der Waals surface area contributed by atoms with Crippen LogP contribution in [0.2, 0.25) is 0 Å². The van der Waals surface area contributed by atoms with Gasteiger partial charge in [0, 0.05) is 23.4 Å². The molecule has 1 aromatic heterocycles. The Morgan fingerprint density at radius 3 is 2.41 bits per heavy atom. The number of nitro groups is 1. The molecule has 3 rings (SSSR count). The van der Waals surface area contributed by atoms with E-state index in [0.29, 0.717) is 22.2 Å². The van der Waals surface area contributed by atoms with Crippen LogP contribution in [0.4, 0.5) is 5.69 Å². The Kier molecular flexibility index (Phi) is 6.71. The van der Waals surface area contributed by atoms with Crippen molar-refractivity contribution in [1.29, 1.82) is 5.26 Å². The number of benzene rings is 2. The van der Waals surface area contributed by atoms with Crippen LogP contribution in [-0.4, -0.2) is 14.9 Å². The fourth-order valence-corrected chi connectivity index (χ4v) is 3.11. The zero-order valence-electron chi connectivity index (χ0n) is 13.8. The number of H-pyrrole nitrogens is 1. The van der Waals surface area contributed by atoms with Crippen LogP contribution in [0.25, 0.3) is 11.3 Å². The van der Waals surface area contributed by atoms with E-state index in [4.69, 9.17) is 0 Å². The molecule has 0 spiro atoms. The second-order valence-corrected chi connectivity index (χ2v) is 6.25. The number of nitrogens with zero attached hydrogens (tertiary/aromatic N) is 3. The number of nitro benzene ring substituents is 1. The first-order valence-corrected chi connectivity index (χ1v) is 8.53. The van der Waals surface area contributed by atoms with E-state index >= 15 is 0 Å². The number of aromatic amines is 1. The number of non-ortho nitro benzene ring substituents is 1. The highest BCUT2D eigenvalue weighted by atomic mass is 35.5. The molecule has 0 atom stereocenters. The lowest BCUT2D eigenvalue weighted by Gasteiger charge is -2.06. The quantitative estimate of drug-likeness (QED) is 0.300. The average molecular weight is 401 g/mol. The van der Waals surface area contributed by atoms with Crippen molar-refractivity contribution in [1.82, 2.24) is 9.97 Å². The van der Waals surface area contributed by atoms with Gasteiger partial charge >= 0.3 is 0 Å². The van der Waals surface area contributed by atoms with Crippen molar-refractivity contribution in [2.45, 2.75) is 10.9 Å². The van der Waals surface area contributed by atoms with Crippen LogP contribution >= 0.6 is 24.2 Å². The smallest absolute Gasteiger partial charge is 0.270 e. The molecule has 0 aliphatic heterocycles. The SMILES string of the molecule is Cl.N#Cc1c(-c2ccccc2)nc(SCc2ccc([N+](=O)[O-])cc2)[nH]c1=O. The summed E-state index contributed by atoms with van der Waals surface area (Å²) in [6.45, 7) is 0. The zero-order valence-corrected chi connectivity index (χ0v) is 15.4. The van der Waals surface area contributed by atoms with Crippen LogP contribution < -0.4 is 5.56 Å². The van der Waals surface area contributed by atoms with Crippen LogP contribution in [0.3, 0.4) is 0 Å². The number of halogens is 1. The van der Waals surface area contributed by atoms with Crippen molar-refractivity contribution in [3.05, 3.63) is 86.2 Å². The molecule has 1 N–H and O–H groups in total. The Labute approximate surface area is 164 Å². The lowest BCUT2D eigenvalue weighted by atomic mass is 10.1. The summed E-state index contributed by atoms with van der Waals surface area (Å²) >= 11 is 1.28. The Hall–Kier alpha value is -3.15. The van der Waals surface area contributed by atoms with Gasteiger partial charge in [0.1, 0.15) is 11.6 Å². The third kappa shape index (κ3) is 4.73. The first-order chi connectivity index (χ1) is 12.6. The van der Waals surface area contributed by atoms with E-state index in [1.54, 1.807) is 24.3 Å². The Balaban J connectivity index is 0.00000261. The van der Waals surface area contributed by atoms with Gasteiger partial charge in [-0.3, -0.25) is 14.9 Å². The van der Waals surface area contributed by atoms with E-state index in [9.17, 15) is 20.2 Å². The van der Waals surface area contributed by atoms with E-state index in [1.165, 1.54) is 23.9 Å². The molecule has 0 saturated heterocycles. The molecule has 0 aliphatic carbocycles. The van der Waals surface area contributed by atoms with Crippen LogP contribution in [0.15, 0.2) is 64.5 Å². The predicted octanol–water partition coefficient (Wildman–Crippen LogP) is 3.93. The lowest BCUT2D eigenvalue weighted by Crippen LogP contribution is -2.14. The summed E-state index contributed by atoms with van der Waals surface area (Å²) in [5.41, 5.74) is 1.38. The van der Waals surface area contributed by atoms with Gasteiger partial charge in [-0.05, 0) is 5.56 Å². The van der Waals surface area contributed by atoms with Crippen molar-refractivity contribution in [2.75, 3.05) is 0 Å². The van der Waals surface area contributed by atoms with Gasteiger partial charge in [-0.2, -0.15) is 5.26 Å². The number of nitriles is 1. The molecule has 9 heteroatoms. The van der Waals surface area contributed by atoms with E-state index < -0.39 is 10.5 Å². The fourth-order valence-electron chi connectivity index (χ4n) is 2.30. The van der Waals surface area contributed by atoms with Gasteiger partial charge in [0.25, 0.3) is 11.2 Å². The van der Waals surface area contributed by atoms with E-state index in [2.05, 4.69) is 9.97 Å². The Morgan fingerprint density at radius 1 is 1.15 bits per heavy atom. The number of aromatic nitrogens is 2. The summed E-state index contributed by atoms with van der Waals surface area (Å²) in [5.74, 6) is 0.473. The number of nitrogens with one attached hydrogen (secondary N) is 1. The van der Waals surface area contributed by atoms with Gasteiger partial charge < -0.3 is 4.98 Å². The van der Waals surface area contributed by atoms with Gasteiger partial charge in [0.05, 0.1) is 10.6 Å². The van der Waals surface area contributed by atoms with Crippen LogP contribution in [0, 0.1) is 21.4 Å². The number of hydrogen-bond acceptors (Lipinski definition) is 6. The molecule has 0 bridgehead atoms. The number of rotatable bonds is 5. The zero-order chi connectivity index (χ0) is 18.5. The largest absolute Gasteiger partial charge is 0.300 e. The minimum absolute atomic E-state index is 0. The van der Waals surface area contributed by atoms with Crippen molar-refractivity contribution in [3.63, 3.8) is 0 Å². The van der Waals surface area contributed by atoms with Gasteiger partial charge in [-0.25, -0.2) is 4.98 Å². The summed E-state index contributed by atoms with van der Waals surface area (Å²) in [6.07, 6.45) is 0. The van der Waals surface area contributed by atoms with Crippen LogP contribution in [0.5, 0.6) is 0 Å². The van der Waals surface area contributed by atoms with E-state index in [0.717, 1.165) is 5.56 Å². The minimum Gasteiger partial charge on any atom is -0.300 e. The summed E-state index contributed by atoms with van der Waals surface area (Å²) in [7, 11) is 0. The lowest BCUT2D eigenvalue weighted by molar-refractivity contribution is -0.384. The normalized spacial score (nSPS) is 9.89. The van der Waals surface area contributed by atoms with Gasteiger partial charge in [-0.1, -0.05) is 54.2 Å². The van der Waals surface area contributed by atoms with E-state index in [-0.39, 0.29) is 23.7 Å². The third-order valence-electron chi connectivity index (χ3n) is 3.58. The maximum absolute atomic E-state index is 12.2. The molecular weight excluding hydrogens is 388 g/mol. The van der Waals surface area contributed by atoms with Crippen molar-refractivity contribution in [2.24, 2.45) is 0 Å². The standard InChI is InChI=1S/C18H12N4O3S.ClH/c19-10-15-16(13-4-2-1-3-5-13)20-18(21-17(15)23)26-11-12-6-8-14(9-7-12)22(24)25;/h1-9H,11H2,(H,20,21,23);1H. The number of hydrogen-bond donors (Lipinski definition) is 1. The highest BCUT2D eigenvalue weighted by molar-refractivity contribution is 7.98. The first kappa shape index (κ1) is 20.2. The molecular formula is C18H13ClN4O3S. The average Bonchev–Trinajstić information content (AvgIpc) is 2.67. The molecule has 2 aromatic carbocycles.